The number of ether oxygens (including phenoxy) is 3. The van der Waals surface area contributed by atoms with Gasteiger partial charge in [0.2, 0.25) is 0 Å². The summed E-state index contributed by atoms with van der Waals surface area (Å²) in [4.78, 5) is 28.1. The van der Waals surface area contributed by atoms with Gasteiger partial charge in [0.05, 0.1) is 30.4 Å². The van der Waals surface area contributed by atoms with Crippen LogP contribution in [0.15, 0.2) is 30.3 Å². The van der Waals surface area contributed by atoms with Gasteiger partial charge in [-0.15, -0.1) is 0 Å². The number of carboxylic acid groups (broad SMARTS) is 1. The third-order valence-electron chi connectivity index (χ3n) is 8.20. The summed E-state index contributed by atoms with van der Waals surface area (Å²) in [6, 6.07) is 5.73. The number of hydrogen-bond acceptors (Lipinski definition) is 5. The van der Waals surface area contributed by atoms with Gasteiger partial charge in [0.25, 0.3) is 5.91 Å². The van der Waals surface area contributed by atoms with E-state index in [1.165, 1.54) is 18.1 Å². The molecule has 0 saturated heterocycles. The van der Waals surface area contributed by atoms with E-state index in [0.717, 1.165) is 23.8 Å². The fourth-order valence-corrected chi connectivity index (χ4v) is 6.25. The maximum Gasteiger partial charge on any atom is 0.416 e. The number of alkyl halides is 3. The highest BCUT2D eigenvalue weighted by Crippen LogP contribution is 2.48. The monoisotopic (exact) mass is 629 g/mol. The average Bonchev–Trinajstić information content (AvgIpc) is 3.39. The number of methoxy groups -OCH3 is 1. The van der Waals surface area contributed by atoms with Gasteiger partial charge in [0.15, 0.2) is 17.7 Å². The Morgan fingerprint density at radius 2 is 1.76 bits per heavy atom. The molecule has 0 spiro atoms. The van der Waals surface area contributed by atoms with Crippen molar-refractivity contribution in [1.29, 1.82) is 0 Å². The second-order valence-corrected chi connectivity index (χ2v) is 12.3. The Labute approximate surface area is 258 Å². The summed E-state index contributed by atoms with van der Waals surface area (Å²) in [6.07, 6.45) is -4.49. The molecular formula is C34H35F4NO6. The molecule has 3 aromatic carbocycles. The van der Waals surface area contributed by atoms with E-state index in [1.54, 1.807) is 33.8 Å². The predicted molar refractivity (Wildman–Crippen MR) is 160 cm³/mol. The molecule has 0 aliphatic carbocycles. The minimum Gasteiger partial charge on any atom is -0.496 e. The molecule has 1 amide bonds. The van der Waals surface area contributed by atoms with Crippen LogP contribution >= 0.6 is 0 Å². The van der Waals surface area contributed by atoms with Gasteiger partial charge in [-0.25, -0.2) is 9.18 Å². The van der Waals surface area contributed by atoms with E-state index in [2.05, 4.69) is 0 Å². The molecule has 11 heteroatoms. The smallest absolute Gasteiger partial charge is 0.416 e. The van der Waals surface area contributed by atoms with Gasteiger partial charge in [0, 0.05) is 23.4 Å². The standard InChI is InChI=1S/C34H35F4NO6/c1-17-14-25-21(11-12-39(25)31(40)22-10-9-19(34(36,37)38)15-26(22)43-6)28(27(17)30(32(41)42)45-33(3,4)5)23-16-24(35)29-20(18(23)2)8-7-13-44-29/h9-10,14-16,30H,7-8,11-13H2,1-6H3,(H,41,42)/t30-/m0/s1. The zero-order valence-electron chi connectivity index (χ0n) is 25.9. The third kappa shape index (κ3) is 5.97. The van der Waals surface area contributed by atoms with Crippen molar-refractivity contribution in [3.8, 4) is 22.6 Å². The number of fused-ring (bicyclic) bond motifs is 2. The zero-order valence-corrected chi connectivity index (χ0v) is 25.9. The van der Waals surface area contributed by atoms with E-state index in [1.807, 2.05) is 6.92 Å². The van der Waals surface area contributed by atoms with E-state index in [0.29, 0.717) is 58.5 Å². The summed E-state index contributed by atoms with van der Waals surface area (Å²) >= 11 is 0. The first-order valence-corrected chi connectivity index (χ1v) is 14.6. The number of aliphatic carboxylic acids is 1. The number of rotatable bonds is 6. The van der Waals surface area contributed by atoms with E-state index in [-0.39, 0.29) is 30.0 Å². The number of aryl methyl sites for hydroxylation is 1. The van der Waals surface area contributed by atoms with Gasteiger partial charge in [-0.05, 0) is 112 Å². The number of hydrogen-bond donors (Lipinski definition) is 1. The molecule has 1 atom stereocenters. The first-order valence-electron chi connectivity index (χ1n) is 14.6. The molecule has 1 N–H and O–H groups in total. The Morgan fingerprint density at radius 3 is 2.38 bits per heavy atom. The quantitative estimate of drug-likeness (QED) is 0.283. The highest BCUT2D eigenvalue weighted by Gasteiger charge is 2.38. The molecule has 0 fully saturated rings. The van der Waals surface area contributed by atoms with Crippen LogP contribution in [0.5, 0.6) is 11.5 Å². The summed E-state index contributed by atoms with van der Waals surface area (Å²) in [7, 11) is 1.19. The molecule has 240 valence electrons. The molecule has 0 saturated carbocycles. The molecule has 0 radical (unpaired) electrons. The van der Waals surface area contributed by atoms with Gasteiger partial charge in [-0.3, -0.25) is 4.79 Å². The minimum absolute atomic E-state index is 0.0609. The van der Waals surface area contributed by atoms with Gasteiger partial charge < -0.3 is 24.2 Å². The van der Waals surface area contributed by atoms with E-state index < -0.39 is 41.1 Å². The summed E-state index contributed by atoms with van der Waals surface area (Å²) in [6.45, 7) is 9.31. The number of carboxylic acids is 1. The molecule has 2 aliphatic heterocycles. The summed E-state index contributed by atoms with van der Waals surface area (Å²) in [5.41, 5.74) is 2.39. The number of benzene rings is 3. The Hall–Kier alpha value is -4.12. The zero-order chi connectivity index (χ0) is 33.0. The second-order valence-electron chi connectivity index (χ2n) is 12.3. The predicted octanol–water partition coefficient (Wildman–Crippen LogP) is 7.61. The number of halogens is 4. The summed E-state index contributed by atoms with van der Waals surface area (Å²) < 4.78 is 72.6. The number of anilines is 1. The Bertz CT molecular complexity index is 1690. The first kappa shape index (κ1) is 32.3. The molecule has 0 bridgehead atoms. The number of amides is 1. The van der Waals surface area contributed by atoms with Gasteiger partial charge in [0.1, 0.15) is 5.75 Å². The Balaban J connectivity index is 1.74. The van der Waals surface area contributed by atoms with Crippen LogP contribution in [0.4, 0.5) is 23.2 Å². The van der Waals surface area contributed by atoms with Crippen LogP contribution in [0.25, 0.3) is 11.1 Å². The van der Waals surface area contributed by atoms with Gasteiger partial charge in [-0.1, -0.05) is 0 Å². The van der Waals surface area contributed by atoms with Crippen molar-refractivity contribution in [2.45, 2.75) is 71.8 Å². The molecule has 5 rings (SSSR count). The molecular weight excluding hydrogens is 594 g/mol. The maximum absolute atomic E-state index is 15.6. The third-order valence-corrected chi connectivity index (χ3v) is 8.20. The minimum atomic E-state index is -4.62. The normalized spacial score (nSPS) is 15.3. The maximum atomic E-state index is 15.6. The SMILES string of the molecule is COc1cc(C(F)(F)F)ccc1C(=O)N1CCc2c1cc(C)c([C@H](OC(C)(C)C)C(=O)O)c2-c1cc(F)c2c(c1C)CCCO2. The van der Waals surface area contributed by atoms with Crippen molar-refractivity contribution in [3.05, 3.63) is 75.1 Å². The van der Waals surface area contributed by atoms with Gasteiger partial charge in [-0.2, -0.15) is 13.2 Å². The van der Waals surface area contributed by atoms with Crippen molar-refractivity contribution < 1.29 is 46.5 Å². The topological polar surface area (TPSA) is 85.3 Å². The molecule has 0 unspecified atom stereocenters. The van der Waals surface area contributed by atoms with E-state index >= 15 is 4.39 Å². The van der Waals surface area contributed by atoms with Crippen LogP contribution in [0, 0.1) is 19.7 Å². The lowest BCUT2D eigenvalue weighted by Gasteiger charge is -2.30. The largest absolute Gasteiger partial charge is 0.496 e. The van der Waals surface area contributed by atoms with Crippen molar-refractivity contribution >= 4 is 17.6 Å². The molecule has 2 aliphatic rings. The van der Waals surface area contributed by atoms with Crippen molar-refractivity contribution in [1.82, 2.24) is 0 Å². The molecule has 45 heavy (non-hydrogen) atoms. The van der Waals surface area contributed by atoms with Gasteiger partial charge >= 0.3 is 12.1 Å². The van der Waals surface area contributed by atoms with Crippen LogP contribution in [0.2, 0.25) is 0 Å². The Morgan fingerprint density at radius 1 is 1.04 bits per heavy atom. The lowest BCUT2D eigenvalue weighted by atomic mass is 9.83. The average molecular weight is 630 g/mol. The van der Waals surface area contributed by atoms with Crippen LogP contribution in [0.1, 0.15) is 77.0 Å². The van der Waals surface area contributed by atoms with Crippen molar-refractivity contribution in [2.24, 2.45) is 0 Å². The molecule has 7 nitrogen and oxygen atoms in total. The summed E-state index contributed by atoms with van der Waals surface area (Å²) in [5, 5.41) is 10.4. The lowest BCUT2D eigenvalue weighted by molar-refractivity contribution is -0.160. The van der Waals surface area contributed by atoms with Crippen LogP contribution < -0.4 is 14.4 Å². The molecule has 2 heterocycles. The first-order chi connectivity index (χ1) is 21.0. The Kier molecular flexibility index (Phi) is 8.37. The van der Waals surface area contributed by atoms with E-state index in [4.69, 9.17) is 14.2 Å². The highest BCUT2D eigenvalue weighted by molar-refractivity contribution is 6.10. The number of nitrogens with zero attached hydrogens (tertiary/aromatic N) is 1. The van der Waals surface area contributed by atoms with Crippen LogP contribution in [0.3, 0.4) is 0 Å². The number of carbonyl (C=O) groups is 2. The highest BCUT2D eigenvalue weighted by atomic mass is 19.4. The fourth-order valence-electron chi connectivity index (χ4n) is 6.25. The van der Waals surface area contributed by atoms with Crippen LogP contribution in [-0.4, -0.2) is 42.8 Å². The summed E-state index contributed by atoms with van der Waals surface area (Å²) in [5.74, 6) is -2.43. The van der Waals surface area contributed by atoms with Crippen LogP contribution in [-0.2, 0) is 28.5 Å². The number of carbonyl (C=O) groups excluding carboxylic acids is 1. The molecule has 0 aromatic heterocycles. The second kappa shape index (κ2) is 11.7. The molecule has 3 aromatic rings. The van der Waals surface area contributed by atoms with E-state index in [9.17, 15) is 27.9 Å². The van der Waals surface area contributed by atoms with Crippen molar-refractivity contribution in [3.63, 3.8) is 0 Å². The fraction of sp³-hybridized carbons (Fsp3) is 0.412. The lowest BCUT2D eigenvalue weighted by Crippen LogP contribution is -2.30. The van der Waals surface area contributed by atoms with Crippen molar-refractivity contribution in [2.75, 3.05) is 25.2 Å².